The van der Waals surface area contributed by atoms with Crippen LogP contribution in [0.4, 0.5) is 0 Å². The third-order valence-corrected chi connectivity index (χ3v) is 15.4. The van der Waals surface area contributed by atoms with E-state index in [1.165, 1.54) is 205 Å². The van der Waals surface area contributed by atoms with Crippen molar-refractivity contribution in [3.63, 3.8) is 0 Å². The van der Waals surface area contributed by atoms with Gasteiger partial charge in [0, 0.05) is 19.3 Å². The van der Waals surface area contributed by atoms with Gasteiger partial charge in [0.25, 0.3) is 0 Å². The van der Waals surface area contributed by atoms with E-state index in [2.05, 4.69) is 106 Å². The summed E-state index contributed by atoms with van der Waals surface area (Å²) in [6.45, 7) is 6.56. The number of hydrogen-bond donors (Lipinski definition) is 0. The average molecular weight is 1130 g/mol. The Balaban J connectivity index is 4.38. The van der Waals surface area contributed by atoms with Gasteiger partial charge in [-0.25, -0.2) is 0 Å². The molecule has 468 valence electrons. The summed E-state index contributed by atoms with van der Waals surface area (Å²) in [7, 11) is 0. The molecule has 6 nitrogen and oxygen atoms in total. The van der Waals surface area contributed by atoms with Crippen molar-refractivity contribution in [2.24, 2.45) is 0 Å². The van der Waals surface area contributed by atoms with Gasteiger partial charge in [0.05, 0.1) is 0 Å². The summed E-state index contributed by atoms with van der Waals surface area (Å²) in [5, 5.41) is 0. The fourth-order valence-electron chi connectivity index (χ4n) is 10.2. The Kier molecular flexibility index (Phi) is 66.2. The predicted molar refractivity (Wildman–Crippen MR) is 353 cm³/mol. The lowest BCUT2D eigenvalue weighted by molar-refractivity contribution is -0.167. The molecule has 0 saturated carbocycles. The largest absolute Gasteiger partial charge is 0.462 e. The van der Waals surface area contributed by atoms with Crippen LogP contribution in [0.5, 0.6) is 0 Å². The summed E-state index contributed by atoms with van der Waals surface area (Å²) in [5.74, 6) is -0.879. The molecule has 0 spiro atoms. The zero-order valence-electron chi connectivity index (χ0n) is 53.8. The Bertz CT molecular complexity index is 1530. The Labute approximate surface area is 503 Å². The lowest BCUT2D eigenvalue weighted by atomic mass is 10.0. The van der Waals surface area contributed by atoms with E-state index in [1.807, 2.05) is 0 Å². The van der Waals surface area contributed by atoms with Crippen LogP contribution in [0.15, 0.2) is 85.1 Å². The second-order valence-electron chi connectivity index (χ2n) is 23.4. The summed E-state index contributed by atoms with van der Waals surface area (Å²) in [6, 6.07) is 0. The van der Waals surface area contributed by atoms with Crippen molar-refractivity contribution in [3.05, 3.63) is 85.1 Å². The molecule has 0 radical (unpaired) electrons. The van der Waals surface area contributed by atoms with Gasteiger partial charge in [0.2, 0.25) is 0 Å². The monoisotopic (exact) mass is 1130 g/mol. The summed E-state index contributed by atoms with van der Waals surface area (Å²) in [6.07, 6.45) is 91.7. The zero-order valence-corrected chi connectivity index (χ0v) is 53.8. The molecule has 0 heterocycles. The van der Waals surface area contributed by atoms with Crippen molar-refractivity contribution >= 4 is 17.9 Å². The van der Waals surface area contributed by atoms with E-state index in [0.29, 0.717) is 19.3 Å². The first-order valence-corrected chi connectivity index (χ1v) is 35.1. The van der Waals surface area contributed by atoms with Crippen LogP contribution >= 0.6 is 0 Å². The van der Waals surface area contributed by atoms with Crippen molar-refractivity contribution in [2.75, 3.05) is 13.2 Å². The standard InChI is InChI=1S/C75H132O6/c1-4-7-10-13-16-19-22-25-28-31-33-35-36-37-38-40-41-44-47-50-53-56-59-62-65-68-74(77)80-71-72(70-79-73(76)67-64-61-58-55-52-49-46-43-30-27-24-21-18-15-12-9-6-3)81-75(78)69-66-63-60-57-54-51-48-45-42-39-34-32-29-26-23-20-17-14-11-8-5-2/h7,10,16,19,25,27-28,30,33,35,37-38,41,44,72H,4-6,8-9,11-15,17-18,20-24,26,29,31-32,34,36,39-40,42-43,45-71H2,1-3H3/b10-7-,19-16-,28-25-,30-27-,35-33-,38-37-,44-41-. The number of hydrogen-bond acceptors (Lipinski definition) is 6. The molecule has 6 heteroatoms. The van der Waals surface area contributed by atoms with Crippen molar-refractivity contribution in [2.45, 2.75) is 361 Å². The van der Waals surface area contributed by atoms with E-state index in [-0.39, 0.29) is 31.1 Å². The number of carbonyl (C=O) groups excluding carboxylic acids is 3. The Hall–Kier alpha value is -3.41. The Morgan fingerprint density at radius 2 is 0.481 bits per heavy atom. The van der Waals surface area contributed by atoms with Crippen LogP contribution in [-0.2, 0) is 28.6 Å². The maximum Gasteiger partial charge on any atom is 0.306 e. The van der Waals surface area contributed by atoms with E-state index in [9.17, 15) is 14.4 Å². The van der Waals surface area contributed by atoms with Crippen LogP contribution < -0.4 is 0 Å². The first-order chi connectivity index (χ1) is 40.0. The molecular formula is C75H132O6. The third kappa shape index (κ3) is 67.3. The zero-order chi connectivity index (χ0) is 58.5. The van der Waals surface area contributed by atoms with Gasteiger partial charge < -0.3 is 14.2 Å². The maximum atomic E-state index is 13.0. The average Bonchev–Trinajstić information content (AvgIpc) is 3.47. The number of ether oxygens (including phenoxy) is 3. The lowest BCUT2D eigenvalue weighted by Gasteiger charge is -2.18. The predicted octanol–water partition coefficient (Wildman–Crippen LogP) is 24.2. The van der Waals surface area contributed by atoms with Crippen LogP contribution in [0.1, 0.15) is 355 Å². The highest BCUT2D eigenvalue weighted by molar-refractivity contribution is 5.71. The molecule has 0 N–H and O–H groups in total. The molecule has 0 aromatic heterocycles. The normalized spacial score (nSPS) is 12.6. The number of rotatable bonds is 64. The molecule has 0 bridgehead atoms. The quantitative estimate of drug-likeness (QED) is 0.0261. The number of unbranched alkanes of at least 4 members (excludes halogenated alkanes) is 39. The molecule has 0 amide bonds. The van der Waals surface area contributed by atoms with Gasteiger partial charge in [-0.3, -0.25) is 14.4 Å². The van der Waals surface area contributed by atoms with Crippen molar-refractivity contribution in [1.29, 1.82) is 0 Å². The van der Waals surface area contributed by atoms with Gasteiger partial charge in [-0.2, -0.15) is 0 Å². The second-order valence-corrected chi connectivity index (χ2v) is 23.4. The van der Waals surface area contributed by atoms with Gasteiger partial charge in [0.15, 0.2) is 6.10 Å². The topological polar surface area (TPSA) is 78.9 Å². The molecule has 0 saturated heterocycles. The SMILES string of the molecule is CC/C=C\C/C=C\C/C=C\C/C=C\C/C=C\C/C=C\CCCCCCCCC(=O)OCC(COC(=O)CCCCCCCCC/C=C\CCCCCCCC)OC(=O)CCCCCCCCCCCCCCCCCCCCCCC. The van der Waals surface area contributed by atoms with E-state index >= 15 is 0 Å². The van der Waals surface area contributed by atoms with Gasteiger partial charge >= 0.3 is 17.9 Å². The third-order valence-electron chi connectivity index (χ3n) is 15.4. The van der Waals surface area contributed by atoms with Gasteiger partial charge in [0.1, 0.15) is 13.2 Å². The van der Waals surface area contributed by atoms with Crippen LogP contribution in [-0.4, -0.2) is 37.2 Å². The summed E-state index contributed by atoms with van der Waals surface area (Å²) in [4.78, 5) is 38.5. The van der Waals surface area contributed by atoms with Crippen LogP contribution in [0.25, 0.3) is 0 Å². The highest BCUT2D eigenvalue weighted by Crippen LogP contribution is 2.18. The number of carbonyl (C=O) groups is 3. The molecule has 0 aliphatic rings. The van der Waals surface area contributed by atoms with Crippen molar-refractivity contribution in [1.82, 2.24) is 0 Å². The molecule has 1 unspecified atom stereocenters. The number of allylic oxidation sites excluding steroid dienone is 14. The van der Waals surface area contributed by atoms with Gasteiger partial charge in [-0.05, 0) is 96.3 Å². The van der Waals surface area contributed by atoms with E-state index in [0.717, 1.165) is 109 Å². The van der Waals surface area contributed by atoms with Crippen LogP contribution in [0, 0.1) is 0 Å². The molecule has 0 aliphatic carbocycles. The Morgan fingerprint density at radius 1 is 0.259 bits per heavy atom. The van der Waals surface area contributed by atoms with Gasteiger partial charge in [-0.15, -0.1) is 0 Å². The van der Waals surface area contributed by atoms with Crippen molar-refractivity contribution < 1.29 is 28.6 Å². The van der Waals surface area contributed by atoms with Gasteiger partial charge in [-0.1, -0.05) is 324 Å². The highest BCUT2D eigenvalue weighted by atomic mass is 16.6. The van der Waals surface area contributed by atoms with E-state index in [4.69, 9.17) is 14.2 Å². The molecule has 0 aromatic rings. The first kappa shape index (κ1) is 77.6. The minimum absolute atomic E-state index is 0.0802. The highest BCUT2D eigenvalue weighted by Gasteiger charge is 2.19. The fourth-order valence-corrected chi connectivity index (χ4v) is 10.2. The fraction of sp³-hybridized carbons (Fsp3) is 0.773. The summed E-state index contributed by atoms with van der Waals surface area (Å²) >= 11 is 0. The van der Waals surface area contributed by atoms with Crippen LogP contribution in [0.2, 0.25) is 0 Å². The smallest absolute Gasteiger partial charge is 0.306 e. The number of esters is 3. The molecule has 0 aliphatic heterocycles. The maximum absolute atomic E-state index is 13.0. The Morgan fingerprint density at radius 3 is 0.765 bits per heavy atom. The lowest BCUT2D eigenvalue weighted by Crippen LogP contribution is -2.30. The molecular weight excluding hydrogens is 997 g/mol. The first-order valence-electron chi connectivity index (χ1n) is 35.1. The van der Waals surface area contributed by atoms with Crippen molar-refractivity contribution in [3.8, 4) is 0 Å². The molecule has 81 heavy (non-hydrogen) atoms. The summed E-state index contributed by atoms with van der Waals surface area (Å²) < 4.78 is 17.0. The second kappa shape index (κ2) is 69.1. The van der Waals surface area contributed by atoms with E-state index in [1.54, 1.807) is 0 Å². The van der Waals surface area contributed by atoms with Crippen LogP contribution in [0.3, 0.4) is 0 Å². The molecule has 0 aromatic carbocycles. The minimum atomic E-state index is -0.785. The minimum Gasteiger partial charge on any atom is -0.462 e. The molecule has 0 rings (SSSR count). The molecule has 0 fully saturated rings. The van der Waals surface area contributed by atoms with E-state index < -0.39 is 6.10 Å². The summed E-state index contributed by atoms with van der Waals surface area (Å²) in [5.41, 5.74) is 0. The molecule has 1 atom stereocenters.